The van der Waals surface area contributed by atoms with Gasteiger partial charge in [0, 0.05) is 0 Å². The maximum absolute atomic E-state index is 12.2. The Morgan fingerprint density at radius 3 is 2.24 bits per heavy atom. The fraction of sp³-hybridized carbons (Fsp3) is 0.500. The maximum atomic E-state index is 12.2. The predicted octanol–water partition coefficient (Wildman–Crippen LogP) is 2.67. The molecular weight excluding hydrogens is 272 g/mol. The van der Waals surface area contributed by atoms with Gasteiger partial charge in [0.05, 0.1) is 13.7 Å². The van der Waals surface area contributed by atoms with Gasteiger partial charge in [0.1, 0.15) is 5.75 Å². The summed E-state index contributed by atoms with van der Waals surface area (Å²) in [6.07, 6.45) is 0.938. The van der Waals surface area contributed by atoms with Gasteiger partial charge in [-0.3, -0.25) is 9.59 Å². The number of carboxylic acids is 1. The van der Waals surface area contributed by atoms with E-state index < -0.39 is 17.4 Å². The van der Waals surface area contributed by atoms with Crippen LogP contribution in [-0.2, 0) is 20.7 Å². The number of esters is 1. The summed E-state index contributed by atoms with van der Waals surface area (Å²) < 4.78 is 10.1. The molecule has 0 aliphatic carbocycles. The highest BCUT2D eigenvalue weighted by atomic mass is 16.5. The lowest BCUT2D eigenvalue weighted by molar-refractivity contribution is -0.169. The van der Waals surface area contributed by atoms with Gasteiger partial charge in [-0.1, -0.05) is 25.5 Å². The van der Waals surface area contributed by atoms with E-state index in [1.165, 1.54) is 0 Å². The van der Waals surface area contributed by atoms with Crippen molar-refractivity contribution >= 4 is 11.9 Å². The number of carbonyl (C=O) groups excluding carboxylic acids is 1. The summed E-state index contributed by atoms with van der Waals surface area (Å²) >= 11 is 0. The Morgan fingerprint density at radius 2 is 1.81 bits per heavy atom. The molecule has 5 heteroatoms. The summed E-state index contributed by atoms with van der Waals surface area (Å²) in [6, 6.07) is 7.04. The second-order valence-corrected chi connectivity index (χ2v) is 4.88. The van der Waals surface area contributed by atoms with Crippen LogP contribution in [-0.4, -0.2) is 30.8 Å². The summed E-state index contributed by atoms with van der Waals surface area (Å²) in [7, 11) is 1.56. The van der Waals surface area contributed by atoms with Crippen molar-refractivity contribution in [2.24, 2.45) is 5.41 Å². The van der Waals surface area contributed by atoms with Gasteiger partial charge in [-0.15, -0.1) is 0 Å². The number of carbonyl (C=O) groups is 2. The van der Waals surface area contributed by atoms with Crippen LogP contribution in [0.15, 0.2) is 24.3 Å². The molecule has 0 amide bonds. The van der Waals surface area contributed by atoms with E-state index in [1.807, 2.05) is 6.92 Å². The summed E-state index contributed by atoms with van der Waals surface area (Å²) in [5.74, 6) is -1.12. The van der Waals surface area contributed by atoms with E-state index in [0.29, 0.717) is 12.2 Å². The average Bonchev–Trinajstić information content (AvgIpc) is 2.47. The van der Waals surface area contributed by atoms with Crippen LogP contribution in [0.2, 0.25) is 0 Å². The van der Waals surface area contributed by atoms with Crippen LogP contribution in [0.5, 0.6) is 5.75 Å². The molecule has 0 heterocycles. The van der Waals surface area contributed by atoms with Gasteiger partial charge in [0.2, 0.25) is 0 Å². The largest absolute Gasteiger partial charge is 0.497 e. The second kappa shape index (κ2) is 7.67. The third kappa shape index (κ3) is 3.97. The molecule has 0 saturated heterocycles. The molecule has 0 aliphatic heterocycles. The number of rotatable bonds is 8. The zero-order chi connectivity index (χ0) is 15.9. The fourth-order valence-electron chi connectivity index (χ4n) is 2.32. The molecular formula is C16H22O5. The van der Waals surface area contributed by atoms with Crippen LogP contribution < -0.4 is 4.74 Å². The van der Waals surface area contributed by atoms with Crippen LogP contribution in [0.4, 0.5) is 0 Å². The first kappa shape index (κ1) is 17.0. The number of hydrogen-bond donors (Lipinski definition) is 1. The van der Waals surface area contributed by atoms with Crippen LogP contribution in [0.1, 0.15) is 32.3 Å². The minimum atomic E-state index is -1.53. The van der Waals surface area contributed by atoms with Crippen molar-refractivity contribution in [3.63, 3.8) is 0 Å². The van der Waals surface area contributed by atoms with Crippen LogP contribution in [0.3, 0.4) is 0 Å². The third-order valence-corrected chi connectivity index (χ3v) is 3.42. The van der Waals surface area contributed by atoms with Gasteiger partial charge in [-0.25, -0.2) is 0 Å². The molecule has 0 aliphatic rings. The first-order chi connectivity index (χ1) is 10.00. The van der Waals surface area contributed by atoms with E-state index >= 15 is 0 Å². The maximum Gasteiger partial charge on any atom is 0.323 e. The smallest absolute Gasteiger partial charge is 0.323 e. The van der Waals surface area contributed by atoms with E-state index in [9.17, 15) is 14.7 Å². The van der Waals surface area contributed by atoms with E-state index in [1.54, 1.807) is 38.3 Å². The topological polar surface area (TPSA) is 72.8 Å². The van der Waals surface area contributed by atoms with E-state index in [2.05, 4.69) is 0 Å². The molecule has 1 rings (SSSR count). The molecule has 0 bridgehead atoms. The zero-order valence-electron chi connectivity index (χ0n) is 12.7. The highest BCUT2D eigenvalue weighted by Crippen LogP contribution is 2.31. The minimum Gasteiger partial charge on any atom is -0.497 e. The van der Waals surface area contributed by atoms with Crippen molar-refractivity contribution < 1.29 is 24.2 Å². The molecule has 21 heavy (non-hydrogen) atoms. The SMILES string of the molecule is CCCC(Cc1ccc(OC)cc1)(C(=O)O)C(=O)OCC. The predicted molar refractivity (Wildman–Crippen MR) is 78.3 cm³/mol. The summed E-state index contributed by atoms with van der Waals surface area (Å²) in [5.41, 5.74) is -0.765. The molecule has 1 aromatic carbocycles. The molecule has 5 nitrogen and oxygen atoms in total. The van der Waals surface area contributed by atoms with Crippen molar-refractivity contribution in [1.29, 1.82) is 0 Å². The van der Waals surface area contributed by atoms with E-state index in [4.69, 9.17) is 9.47 Å². The molecule has 1 unspecified atom stereocenters. The monoisotopic (exact) mass is 294 g/mol. The number of benzene rings is 1. The highest BCUT2D eigenvalue weighted by Gasteiger charge is 2.46. The Morgan fingerprint density at radius 1 is 1.19 bits per heavy atom. The molecule has 1 aromatic rings. The van der Waals surface area contributed by atoms with E-state index in [0.717, 1.165) is 5.56 Å². The average molecular weight is 294 g/mol. The zero-order valence-corrected chi connectivity index (χ0v) is 12.7. The molecule has 0 saturated carbocycles. The number of carboxylic acid groups (broad SMARTS) is 1. The van der Waals surface area contributed by atoms with Crippen molar-refractivity contribution in [3.8, 4) is 5.75 Å². The molecule has 0 radical (unpaired) electrons. The van der Waals surface area contributed by atoms with Gasteiger partial charge in [0.25, 0.3) is 0 Å². The van der Waals surface area contributed by atoms with Crippen LogP contribution in [0, 0.1) is 5.41 Å². The number of hydrogen-bond acceptors (Lipinski definition) is 4. The molecule has 0 aromatic heterocycles. The van der Waals surface area contributed by atoms with E-state index in [-0.39, 0.29) is 19.4 Å². The molecule has 0 spiro atoms. The Balaban J connectivity index is 3.09. The quantitative estimate of drug-likeness (QED) is 0.589. The summed E-state index contributed by atoms with van der Waals surface area (Å²) in [5, 5.41) is 9.59. The number of aliphatic carboxylic acids is 1. The highest BCUT2D eigenvalue weighted by molar-refractivity contribution is 5.99. The van der Waals surface area contributed by atoms with Crippen molar-refractivity contribution in [2.75, 3.05) is 13.7 Å². The Labute approximate surface area is 124 Å². The lowest BCUT2D eigenvalue weighted by atomic mass is 9.78. The standard InChI is InChI=1S/C16H22O5/c1-4-10-16(14(17)18,15(19)21-5-2)11-12-6-8-13(20-3)9-7-12/h6-9H,4-5,10-11H2,1-3H3,(H,17,18). The van der Waals surface area contributed by atoms with Crippen molar-refractivity contribution in [3.05, 3.63) is 29.8 Å². The minimum absolute atomic E-state index is 0.110. The Kier molecular flexibility index (Phi) is 6.21. The van der Waals surface area contributed by atoms with Gasteiger partial charge < -0.3 is 14.6 Å². The first-order valence-electron chi connectivity index (χ1n) is 7.03. The molecule has 0 fully saturated rings. The van der Waals surface area contributed by atoms with Crippen LogP contribution >= 0.6 is 0 Å². The van der Waals surface area contributed by atoms with Gasteiger partial charge in [0.15, 0.2) is 5.41 Å². The molecule has 1 atom stereocenters. The van der Waals surface area contributed by atoms with Gasteiger partial charge in [-0.2, -0.15) is 0 Å². The first-order valence-corrected chi connectivity index (χ1v) is 7.03. The number of methoxy groups -OCH3 is 1. The lowest BCUT2D eigenvalue weighted by Gasteiger charge is -2.27. The third-order valence-electron chi connectivity index (χ3n) is 3.42. The lowest BCUT2D eigenvalue weighted by Crippen LogP contribution is -2.42. The normalized spacial score (nSPS) is 13.3. The number of ether oxygens (including phenoxy) is 2. The second-order valence-electron chi connectivity index (χ2n) is 4.88. The summed E-state index contributed by atoms with van der Waals surface area (Å²) in [4.78, 5) is 23.9. The van der Waals surface area contributed by atoms with Gasteiger partial charge >= 0.3 is 11.9 Å². The Hall–Kier alpha value is -2.04. The van der Waals surface area contributed by atoms with Crippen LogP contribution in [0.25, 0.3) is 0 Å². The molecule has 116 valence electrons. The Bertz CT molecular complexity index is 480. The van der Waals surface area contributed by atoms with Crippen molar-refractivity contribution in [1.82, 2.24) is 0 Å². The molecule has 1 N–H and O–H groups in total. The van der Waals surface area contributed by atoms with Gasteiger partial charge in [-0.05, 0) is 37.5 Å². The van der Waals surface area contributed by atoms with Crippen molar-refractivity contribution in [2.45, 2.75) is 33.1 Å². The fourth-order valence-corrected chi connectivity index (χ4v) is 2.32. The summed E-state index contributed by atoms with van der Waals surface area (Å²) in [6.45, 7) is 3.69.